The number of aromatic nitrogens is 3. The number of hydrogen-bond donors (Lipinski definition) is 2. The van der Waals surface area contributed by atoms with Crippen LogP contribution in [0.1, 0.15) is 29.8 Å². The van der Waals surface area contributed by atoms with Crippen molar-refractivity contribution in [2.75, 3.05) is 38.2 Å². The lowest BCUT2D eigenvalue weighted by Gasteiger charge is -2.26. The first-order valence-electron chi connectivity index (χ1n) is 14.1. The number of anilines is 2. The fourth-order valence-electron chi connectivity index (χ4n) is 4.31. The topological polar surface area (TPSA) is 134 Å². The second kappa shape index (κ2) is 13.7. The number of hydrogen-bond acceptors (Lipinski definition) is 8. The second-order valence-electron chi connectivity index (χ2n) is 11.7. The monoisotopic (exact) mass is 589 g/mol. The fraction of sp³-hybridized carbons (Fsp3) is 0.433. The first kappa shape index (κ1) is 30.9. The quantitative estimate of drug-likeness (QED) is 0.146. The maximum absolute atomic E-state index is 13.0. The van der Waals surface area contributed by atoms with Crippen LogP contribution in [-0.4, -0.2) is 78.3 Å². The van der Waals surface area contributed by atoms with E-state index in [9.17, 15) is 14.9 Å². The van der Waals surface area contributed by atoms with Crippen molar-refractivity contribution in [1.29, 1.82) is 5.26 Å². The zero-order valence-corrected chi connectivity index (χ0v) is 25.9. The van der Waals surface area contributed by atoms with Gasteiger partial charge in [0.1, 0.15) is 29.7 Å². The molecular weight excluding hydrogens is 550 g/mol. The number of nitrogens with one attached hydrogen (secondary N) is 2. The lowest BCUT2D eigenvalue weighted by Crippen LogP contribution is -2.41. The molecule has 1 aliphatic rings. The van der Waals surface area contributed by atoms with Crippen LogP contribution >= 0.6 is 0 Å². The molecule has 0 unspecified atom stereocenters. The summed E-state index contributed by atoms with van der Waals surface area (Å²) in [6.07, 6.45) is 4.95. The van der Waals surface area contributed by atoms with Crippen LogP contribution in [0.25, 0.3) is 17.2 Å². The van der Waals surface area contributed by atoms with E-state index in [1.807, 2.05) is 48.7 Å². The van der Waals surface area contributed by atoms with E-state index in [-0.39, 0.29) is 30.2 Å². The van der Waals surface area contributed by atoms with E-state index in [2.05, 4.69) is 35.3 Å². The lowest BCUT2D eigenvalue weighted by atomic mass is 10.1. The normalized spacial score (nSPS) is 14.2. The molecule has 1 aliphatic heterocycles. The highest BCUT2D eigenvalue weighted by Gasteiger charge is 2.21. The molecule has 1 aromatic carbocycles. The molecule has 0 radical (unpaired) electrons. The number of morpholine rings is 1. The van der Waals surface area contributed by atoms with Crippen LogP contribution in [0.5, 0.6) is 0 Å². The van der Waals surface area contributed by atoms with Crippen molar-refractivity contribution in [2.24, 2.45) is 0 Å². The molecule has 0 saturated carbocycles. The fourth-order valence-corrected chi connectivity index (χ4v) is 5.07. The van der Waals surface area contributed by atoms with E-state index < -0.39 is 8.07 Å². The van der Waals surface area contributed by atoms with Gasteiger partial charge in [-0.3, -0.25) is 9.59 Å². The van der Waals surface area contributed by atoms with Gasteiger partial charge in [0.2, 0.25) is 0 Å². The summed E-state index contributed by atoms with van der Waals surface area (Å²) in [5, 5.41) is 15.7. The molecular formula is C30H39N7O4Si. The van der Waals surface area contributed by atoms with Crippen LogP contribution in [0.2, 0.25) is 25.7 Å². The van der Waals surface area contributed by atoms with E-state index >= 15 is 0 Å². The molecule has 4 rings (SSSR count). The number of carbonyl (C=O) groups excluding carboxylic acids is 2. The van der Waals surface area contributed by atoms with Gasteiger partial charge in [-0.05, 0) is 43.7 Å². The first-order chi connectivity index (χ1) is 20.0. The predicted octanol–water partition coefficient (Wildman–Crippen LogP) is 4.39. The summed E-state index contributed by atoms with van der Waals surface area (Å²) < 4.78 is 13.0. The van der Waals surface area contributed by atoms with Crippen LogP contribution in [0.15, 0.2) is 42.2 Å². The van der Waals surface area contributed by atoms with Crippen molar-refractivity contribution in [3.05, 3.63) is 53.4 Å². The summed E-state index contributed by atoms with van der Waals surface area (Å²) in [5.41, 5.74) is 3.01. The molecule has 1 fully saturated rings. The van der Waals surface area contributed by atoms with Crippen molar-refractivity contribution < 1.29 is 19.1 Å². The molecule has 0 aliphatic carbocycles. The number of nitrogens with zero attached hydrogens (tertiary/aromatic N) is 5. The van der Waals surface area contributed by atoms with Crippen LogP contribution in [0.3, 0.4) is 0 Å². The van der Waals surface area contributed by atoms with Gasteiger partial charge in [-0.25, -0.2) is 9.97 Å². The van der Waals surface area contributed by atoms with Crippen LogP contribution < -0.4 is 10.6 Å². The van der Waals surface area contributed by atoms with Crippen LogP contribution in [-0.2, 0) is 21.0 Å². The Kier molecular flexibility index (Phi) is 10.1. The van der Waals surface area contributed by atoms with E-state index in [0.29, 0.717) is 55.5 Å². The third kappa shape index (κ3) is 8.25. The summed E-state index contributed by atoms with van der Waals surface area (Å²) in [6.45, 7) is 13.6. The molecule has 1 saturated heterocycles. The maximum Gasteiger partial charge on any atom is 0.264 e. The SMILES string of the molecule is CC(C)NC(=O)c1cn(COCC[Si](C)(C)C)c2ncc(Nc3ccc(/C=C(\C#N)C(=O)N4CCOCC4)cc3)nc12. The predicted molar refractivity (Wildman–Crippen MR) is 165 cm³/mol. The summed E-state index contributed by atoms with van der Waals surface area (Å²) in [4.78, 5) is 36.7. The molecule has 0 atom stereocenters. The maximum atomic E-state index is 13.0. The Morgan fingerprint density at radius 1 is 1.19 bits per heavy atom. The Labute approximate surface area is 247 Å². The Balaban J connectivity index is 1.52. The summed E-state index contributed by atoms with van der Waals surface area (Å²) in [5.74, 6) is -0.0439. The molecule has 2 amide bonds. The van der Waals surface area contributed by atoms with Crippen molar-refractivity contribution in [1.82, 2.24) is 24.8 Å². The van der Waals surface area contributed by atoms with Gasteiger partial charge in [0.05, 0.1) is 25.0 Å². The minimum atomic E-state index is -1.22. The minimum Gasteiger partial charge on any atom is -0.378 e. The number of rotatable bonds is 11. The Morgan fingerprint density at radius 3 is 2.55 bits per heavy atom. The number of nitriles is 1. The number of benzene rings is 1. The Hall–Kier alpha value is -4.05. The molecule has 12 heteroatoms. The highest BCUT2D eigenvalue weighted by molar-refractivity contribution is 6.76. The molecule has 222 valence electrons. The van der Waals surface area contributed by atoms with Crippen LogP contribution in [0.4, 0.5) is 11.5 Å². The molecule has 0 spiro atoms. The zero-order valence-electron chi connectivity index (χ0n) is 24.9. The van der Waals surface area contributed by atoms with E-state index in [0.717, 1.165) is 17.3 Å². The van der Waals surface area contributed by atoms with Gasteiger partial charge >= 0.3 is 0 Å². The molecule has 42 heavy (non-hydrogen) atoms. The van der Waals surface area contributed by atoms with Gasteiger partial charge in [0, 0.05) is 45.7 Å². The molecule has 2 N–H and O–H groups in total. The largest absolute Gasteiger partial charge is 0.378 e. The second-order valence-corrected chi connectivity index (χ2v) is 17.4. The summed E-state index contributed by atoms with van der Waals surface area (Å²) in [6, 6.07) is 10.3. The third-order valence-electron chi connectivity index (χ3n) is 6.60. The Bertz CT molecular complexity index is 1480. The number of carbonyl (C=O) groups is 2. The molecule has 11 nitrogen and oxygen atoms in total. The number of fused-ring (bicyclic) bond motifs is 1. The van der Waals surface area contributed by atoms with E-state index in [4.69, 9.17) is 14.5 Å². The molecule has 0 bridgehead atoms. The van der Waals surface area contributed by atoms with Crippen molar-refractivity contribution in [3.8, 4) is 6.07 Å². The number of ether oxygens (including phenoxy) is 2. The Morgan fingerprint density at radius 2 is 1.90 bits per heavy atom. The van der Waals surface area contributed by atoms with Gasteiger partial charge in [0.25, 0.3) is 11.8 Å². The van der Waals surface area contributed by atoms with Gasteiger partial charge < -0.3 is 29.6 Å². The van der Waals surface area contributed by atoms with Gasteiger partial charge in [0.15, 0.2) is 5.65 Å². The minimum absolute atomic E-state index is 0.0311. The molecule has 2 aromatic heterocycles. The first-order valence-corrected chi connectivity index (χ1v) is 17.8. The highest BCUT2D eigenvalue weighted by atomic mass is 28.3. The van der Waals surface area contributed by atoms with Gasteiger partial charge in [-0.1, -0.05) is 31.8 Å². The van der Waals surface area contributed by atoms with E-state index in [1.54, 1.807) is 23.4 Å². The van der Waals surface area contributed by atoms with Gasteiger partial charge in [-0.15, -0.1) is 0 Å². The van der Waals surface area contributed by atoms with E-state index in [1.165, 1.54) is 0 Å². The average molecular weight is 590 g/mol. The van der Waals surface area contributed by atoms with Crippen molar-refractivity contribution >= 4 is 48.6 Å². The standard InChI is InChI=1S/C30H39N7O4Si/c1-21(2)33-29(38)25-19-37(20-41-14-15-42(3,4)5)28-27(25)35-26(18-32-28)34-24-8-6-22(7-9-24)16-23(17-31)30(39)36-10-12-40-13-11-36/h6-9,16,18-19,21H,10-15,20H2,1-5H3,(H,33,38)(H,34,35)/b23-16+. The smallest absolute Gasteiger partial charge is 0.264 e. The van der Waals surface area contributed by atoms with Crippen LogP contribution in [0, 0.1) is 11.3 Å². The third-order valence-corrected chi connectivity index (χ3v) is 8.30. The molecule has 3 aromatic rings. The summed E-state index contributed by atoms with van der Waals surface area (Å²) >= 11 is 0. The molecule has 3 heterocycles. The van der Waals surface area contributed by atoms with Crippen molar-refractivity contribution in [2.45, 2.75) is 52.3 Å². The average Bonchev–Trinajstić information content (AvgIpc) is 3.32. The van der Waals surface area contributed by atoms with Crippen molar-refractivity contribution in [3.63, 3.8) is 0 Å². The number of amides is 2. The highest BCUT2D eigenvalue weighted by Crippen LogP contribution is 2.23. The van der Waals surface area contributed by atoms with Gasteiger partial charge in [-0.2, -0.15) is 5.26 Å². The zero-order chi connectivity index (χ0) is 30.3. The summed E-state index contributed by atoms with van der Waals surface area (Å²) in [7, 11) is -1.22. The lowest BCUT2D eigenvalue weighted by molar-refractivity contribution is -0.130.